The van der Waals surface area contributed by atoms with Crippen LogP contribution in [0.3, 0.4) is 0 Å². The van der Waals surface area contributed by atoms with Crippen molar-refractivity contribution in [2.24, 2.45) is 0 Å². The van der Waals surface area contributed by atoms with Gasteiger partial charge in [0.2, 0.25) is 0 Å². The van der Waals surface area contributed by atoms with E-state index in [4.69, 9.17) is 11.6 Å². The molecule has 4 nitrogen and oxygen atoms in total. The molecule has 0 atom stereocenters. The molecular formula is C14H15ClN4. The van der Waals surface area contributed by atoms with Gasteiger partial charge < -0.3 is 0 Å². The highest BCUT2D eigenvalue weighted by Gasteiger charge is 2.26. The van der Waals surface area contributed by atoms with Gasteiger partial charge in [-0.05, 0) is 24.6 Å². The Morgan fingerprint density at radius 2 is 2.05 bits per heavy atom. The molecule has 19 heavy (non-hydrogen) atoms. The van der Waals surface area contributed by atoms with Gasteiger partial charge in [-0.3, -0.25) is 0 Å². The lowest BCUT2D eigenvalue weighted by atomic mass is 9.90. The third kappa shape index (κ3) is 2.47. The Balaban J connectivity index is 2.68. The molecule has 2 aromatic heterocycles. The topological polar surface area (TPSA) is 54.5 Å². The molecule has 5 heteroatoms. The summed E-state index contributed by atoms with van der Waals surface area (Å²) in [6.07, 6.45) is 1.70. The van der Waals surface area contributed by atoms with E-state index in [9.17, 15) is 5.26 Å². The smallest absolute Gasteiger partial charge is 0.155 e. The average Bonchev–Trinajstić information content (AvgIpc) is 2.66. The zero-order valence-corrected chi connectivity index (χ0v) is 12.2. The van der Waals surface area contributed by atoms with Crippen LogP contribution in [0.5, 0.6) is 0 Å². The van der Waals surface area contributed by atoms with Crippen molar-refractivity contribution in [3.63, 3.8) is 0 Å². The number of aryl methyl sites for hydroxylation is 1. The second-order valence-electron chi connectivity index (χ2n) is 5.48. The molecule has 2 heterocycles. The summed E-state index contributed by atoms with van der Waals surface area (Å²) in [5.74, 6) is 0.622. The molecule has 0 N–H and O–H groups in total. The van der Waals surface area contributed by atoms with Gasteiger partial charge >= 0.3 is 0 Å². The summed E-state index contributed by atoms with van der Waals surface area (Å²) in [5.41, 5.74) is 1.91. The number of rotatable bonds is 1. The first-order chi connectivity index (χ1) is 8.84. The lowest BCUT2D eigenvalue weighted by Gasteiger charge is -2.15. The maximum atomic E-state index is 9.27. The molecule has 0 aliphatic heterocycles. The van der Waals surface area contributed by atoms with E-state index in [1.807, 2.05) is 39.8 Å². The van der Waals surface area contributed by atoms with Crippen LogP contribution >= 0.6 is 11.6 Å². The maximum absolute atomic E-state index is 9.27. The third-order valence-electron chi connectivity index (χ3n) is 2.77. The van der Waals surface area contributed by atoms with Gasteiger partial charge in [0.05, 0.1) is 5.69 Å². The van der Waals surface area contributed by atoms with Crippen molar-refractivity contribution in [1.29, 1.82) is 5.26 Å². The second-order valence-corrected chi connectivity index (χ2v) is 5.84. The first kappa shape index (κ1) is 13.6. The fraction of sp³-hybridized carbons (Fsp3) is 0.357. The molecule has 2 aromatic rings. The largest absolute Gasteiger partial charge is 0.237 e. The molecule has 0 amide bonds. The predicted octanol–water partition coefficient (Wildman–Crippen LogP) is 3.40. The van der Waals surface area contributed by atoms with Crippen molar-refractivity contribution >= 4 is 11.6 Å². The zero-order valence-electron chi connectivity index (χ0n) is 11.4. The highest BCUT2D eigenvalue weighted by Crippen LogP contribution is 2.30. The van der Waals surface area contributed by atoms with Gasteiger partial charge in [-0.15, -0.1) is 0 Å². The average molecular weight is 275 g/mol. The van der Waals surface area contributed by atoms with Crippen LogP contribution in [0.25, 0.3) is 5.82 Å². The van der Waals surface area contributed by atoms with Crippen LogP contribution in [0.15, 0.2) is 18.3 Å². The Labute approximate surface area is 117 Å². The molecule has 2 rings (SSSR count). The number of nitrogens with zero attached hydrogens (tertiary/aromatic N) is 4. The Kier molecular flexibility index (Phi) is 3.34. The fourth-order valence-corrected chi connectivity index (χ4v) is 2.07. The highest BCUT2D eigenvalue weighted by molar-refractivity contribution is 6.31. The van der Waals surface area contributed by atoms with Crippen molar-refractivity contribution in [1.82, 2.24) is 14.8 Å². The lowest BCUT2D eigenvalue weighted by molar-refractivity contribution is 0.558. The van der Waals surface area contributed by atoms with E-state index in [0.717, 1.165) is 5.56 Å². The van der Waals surface area contributed by atoms with Crippen LogP contribution in [0, 0.1) is 18.3 Å². The summed E-state index contributed by atoms with van der Waals surface area (Å²) in [5, 5.41) is 14.0. The van der Waals surface area contributed by atoms with E-state index in [-0.39, 0.29) is 5.41 Å². The molecule has 0 bridgehead atoms. The molecule has 0 saturated heterocycles. The lowest BCUT2D eigenvalue weighted by Crippen LogP contribution is -2.14. The number of hydrogen-bond donors (Lipinski definition) is 0. The molecular weight excluding hydrogens is 260 g/mol. The van der Waals surface area contributed by atoms with Crippen molar-refractivity contribution in [3.05, 3.63) is 40.3 Å². The molecule has 0 aromatic carbocycles. The normalized spacial score (nSPS) is 11.4. The quantitative estimate of drug-likeness (QED) is 0.801. The highest BCUT2D eigenvalue weighted by atomic mass is 35.5. The number of hydrogen-bond acceptors (Lipinski definition) is 3. The van der Waals surface area contributed by atoms with Crippen molar-refractivity contribution in [3.8, 4) is 11.9 Å². The summed E-state index contributed by atoms with van der Waals surface area (Å²) in [4.78, 5) is 4.25. The van der Waals surface area contributed by atoms with E-state index in [1.54, 1.807) is 6.20 Å². The fourth-order valence-electron chi connectivity index (χ4n) is 1.81. The molecule has 0 aliphatic rings. The first-order valence-corrected chi connectivity index (χ1v) is 6.34. The Hall–Kier alpha value is -1.86. The second kappa shape index (κ2) is 4.67. The predicted molar refractivity (Wildman–Crippen MR) is 74.5 cm³/mol. The summed E-state index contributed by atoms with van der Waals surface area (Å²) >= 11 is 6.26. The van der Waals surface area contributed by atoms with Crippen LogP contribution in [0.2, 0.25) is 5.15 Å². The van der Waals surface area contributed by atoms with Crippen LogP contribution in [0.4, 0.5) is 0 Å². The third-order valence-corrected chi connectivity index (χ3v) is 3.12. The molecule has 98 valence electrons. The monoisotopic (exact) mass is 274 g/mol. The van der Waals surface area contributed by atoms with Gasteiger partial charge in [0.1, 0.15) is 11.6 Å². The van der Waals surface area contributed by atoms with Crippen LogP contribution in [-0.4, -0.2) is 14.8 Å². The number of halogens is 1. The number of pyridine rings is 1. The van der Waals surface area contributed by atoms with Gasteiger partial charge in [0.15, 0.2) is 11.0 Å². The summed E-state index contributed by atoms with van der Waals surface area (Å²) in [6.45, 7) is 7.97. The minimum atomic E-state index is -0.246. The van der Waals surface area contributed by atoms with E-state index in [0.29, 0.717) is 22.2 Å². The minimum Gasteiger partial charge on any atom is -0.237 e. The van der Waals surface area contributed by atoms with Crippen LogP contribution in [0.1, 0.15) is 37.6 Å². The summed E-state index contributed by atoms with van der Waals surface area (Å²) < 4.78 is 1.52. The summed E-state index contributed by atoms with van der Waals surface area (Å²) in [6, 6.07) is 5.91. The van der Waals surface area contributed by atoms with Gasteiger partial charge in [0.25, 0.3) is 0 Å². The number of aromatic nitrogens is 3. The van der Waals surface area contributed by atoms with Crippen molar-refractivity contribution in [2.75, 3.05) is 0 Å². The summed E-state index contributed by atoms with van der Waals surface area (Å²) in [7, 11) is 0. The standard InChI is InChI=1S/C14H15ClN4/c1-9-5-6-17-11(7-9)19-13(15)10(8-16)12(18-19)14(2,3)4/h5-7H,1-4H3. The minimum absolute atomic E-state index is 0.246. The van der Waals surface area contributed by atoms with E-state index in [2.05, 4.69) is 16.2 Å². The first-order valence-electron chi connectivity index (χ1n) is 5.96. The van der Waals surface area contributed by atoms with Gasteiger partial charge in [-0.25, -0.2) is 9.67 Å². The van der Waals surface area contributed by atoms with Crippen LogP contribution < -0.4 is 0 Å². The van der Waals surface area contributed by atoms with Gasteiger partial charge in [-0.2, -0.15) is 10.4 Å². The Morgan fingerprint density at radius 1 is 1.37 bits per heavy atom. The van der Waals surface area contributed by atoms with Crippen LogP contribution in [-0.2, 0) is 5.41 Å². The SMILES string of the molecule is Cc1ccnc(-n2nc(C(C)(C)C)c(C#N)c2Cl)c1. The molecule has 0 fully saturated rings. The van der Waals surface area contributed by atoms with E-state index >= 15 is 0 Å². The maximum Gasteiger partial charge on any atom is 0.155 e. The van der Waals surface area contributed by atoms with Crippen molar-refractivity contribution < 1.29 is 0 Å². The molecule has 0 aliphatic carbocycles. The zero-order chi connectivity index (χ0) is 14.2. The molecule has 0 spiro atoms. The Morgan fingerprint density at radius 3 is 2.53 bits per heavy atom. The van der Waals surface area contributed by atoms with Crippen molar-refractivity contribution in [2.45, 2.75) is 33.1 Å². The number of nitriles is 1. The van der Waals surface area contributed by atoms with Gasteiger partial charge in [-0.1, -0.05) is 32.4 Å². The van der Waals surface area contributed by atoms with Gasteiger partial charge in [0, 0.05) is 11.6 Å². The molecule has 0 unspecified atom stereocenters. The van der Waals surface area contributed by atoms with E-state index < -0.39 is 0 Å². The Bertz CT molecular complexity index is 659. The van der Waals surface area contributed by atoms with E-state index in [1.165, 1.54) is 4.68 Å². The molecule has 0 radical (unpaired) electrons. The molecule has 0 saturated carbocycles.